The van der Waals surface area contributed by atoms with Crippen molar-refractivity contribution in [1.29, 1.82) is 0 Å². The monoisotopic (exact) mass is 520 g/mol. The first-order chi connectivity index (χ1) is 17.7. The molecule has 0 saturated carbocycles. The number of aliphatic hydroxyl groups is 1. The lowest BCUT2D eigenvalue weighted by Gasteiger charge is -2.24. The summed E-state index contributed by atoms with van der Waals surface area (Å²) in [4.78, 5) is 41.7. The summed E-state index contributed by atoms with van der Waals surface area (Å²) in [5, 5.41) is 12.5. The number of unbranched alkanes of at least 4 members (excludes halogenated alkanes) is 5. The molecule has 0 unspecified atom stereocenters. The predicted molar refractivity (Wildman–Crippen MR) is 146 cm³/mol. The standard InChI is InChI=1S/C28H48N4O5/c1-6-13-27(35)29-16-11-9-7-8-10-12-17-32(23(2)34)21-25-20-24(22-33)14-15-26(25)37-28(36)31(5)19-18-30(3)4/h14-15,20,33H,6-13,16-19,21-22H2,1-5H3,(H,29,35). The van der Waals surface area contributed by atoms with Crippen LogP contribution >= 0.6 is 0 Å². The van der Waals surface area contributed by atoms with E-state index in [9.17, 15) is 19.5 Å². The smallest absolute Gasteiger partial charge is 0.410 e. The molecule has 0 aromatic heterocycles. The van der Waals surface area contributed by atoms with Crippen molar-refractivity contribution in [3.63, 3.8) is 0 Å². The number of hydrogen-bond acceptors (Lipinski definition) is 6. The van der Waals surface area contributed by atoms with Crippen molar-refractivity contribution in [2.24, 2.45) is 0 Å². The van der Waals surface area contributed by atoms with Gasteiger partial charge in [-0.3, -0.25) is 9.59 Å². The number of nitrogens with zero attached hydrogens (tertiary/aromatic N) is 3. The van der Waals surface area contributed by atoms with Gasteiger partial charge in [0.15, 0.2) is 0 Å². The van der Waals surface area contributed by atoms with E-state index in [-0.39, 0.29) is 18.4 Å². The topological polar surface area (TPSA) is 102 Å². The minimum absolute atomic E-state index is 0.0439. The first kappa shape index (κ1) is 32.4. The van der Waals surface area contributed by atoms with Crippen LogP contribution in [0.3, 0.4) is 0 Å². The Kier molecular flexibility index (Phi) is 16.3. The lowest BCUT2D eigenvalue weighted by molar-refractivity contribution is -0.129. The Morgan fingerprint density at radius 3 is 2.24 bits per heavy atom. The summed E-state index contributed by atoms with van der Waals surface area (Å²) in [5.74, 6) is 0.486. The van der Waals surface area contributed by atoms with Crippen LogP contribution in [0.4, 0.5) is 4.79 Å². The highest BCUT2D eigenvalue weighted by molar-refractivity contribution is 5.75. The second kappa shape index (κ2) is 18.6. The molecule has 1 aromatic rings. The molecule has 0 aliphatic carbocycles. The summed E-state index contributed by atoms with van der Waals surface area (Å²) in [5.41, 5.74) is 1.39. The highest BCUT2D eigenvalue weighted by atomic mass is 16.6. The highest BCUT2D eigenvalue weighted by Gasteiger charge is 2.17. The van der Waals surface area contributed by atoms with Crippen LogP contribution in [0.1, 0.15) is 76.3 Å². The number of aliphatic hydroxyl groups excluding tert-OH is 1. The molecule has 37 heavy (non-hydrogen) atoms. The Labute approximate surface area is 223 Å². The second-order valence-electron chi connectivity index (χ2n) is 9.85. The third-order valence-electron chi connectivity index (χ3n) is 6.16. The Balaban J connectivity index is 2.57. The van der Waals surface area contributed by atoms with Crippen molar-refractivity contribution in [3.8, 4) is 5.75 Å². The number of carbonyl (C=O) groups excluding carboxylic acids is 3. The van der Waals surface area contributed by atoms with Crippen molar-refractivity contribution < 1.29 is 24.2 Å². The zero-order valence-corrected chi connectivity index (χ0v) is 23.6. The molecule has 9 nitrogen and oxygen atoms in total. The molecular weight excluding hydrogens is 472 g/mol. The normalized spacial score (nSPS) is 10.9. The lowest BCUT2D eigenvalue weighted by Crippen LogP contribution is -2.35. The minimum atomic E-state index is -0.459. The Hall–Kier alpha value is -2.65. The molecule has 1 rings (SSSR count). The molecule has 0 bridgehead atoms. The van der Waals surface area contributed by atoms with E-state index in [0.717, 1.165) is 58.0 Å². The summed E-state index contributed by atoms with van der Waals surface area (Å²) in [6.07, 6.45) is 7.15. The molecule has 2 N–H and O–H groups in total. The number of hydrogen-bond donors (Lipinski definition) is 2. The predicted octanol–water partition coefficient (Wildman–Crippen LogP) is 3.78. The third kappa shape index (κ3) is 14.0. The van der Waals surface area contributed by atoms with Crippen LogP contribution in [0, 0.1) is 0 Å². The second-order valence-corrected chi connectivity index (χ2v) is 9.85. The van der Waals surface area contributed by atoms with Gasteiger partial charge < -0.3 is 29.9 Å². The van der Waals surface area contributed by atoms with E-state index in [0.29, 0.717) is 42.9 Å². The fourth-order valence-electron chi connectivity index (χ4n) is 3.80. The summed E-state index contributed by atoms with van der Waals surface area (Å²) in [7, 11) is 5.58. The van der Waals surface area contributed by atoms with Gasteiger partial charge in [-0.05, 0) is 51.1 Å². The Morgan fingerprint density at radius 1 is 0.946 bits per heavy atom. The van der Waals surface area contributed by atoms with E-state index in [2.05, 4.69) is 5.32 Å². The molecule has 0 aliphatic rings. The molecule has 0 saturated heterocycles. The molecule has 0 spiro atoms. The van der Waals surface area contributed by atoms with Gasteiger partial charge in [0, 0.05) is 58.7 Å². The van der Waals surface area contributed by atoms with Crippen LogP contribution in [-0.2, 0) is 22.7 Å². The zero-order valence-electron chi connectivity index (χ0n) is 23.6. The molecule has 0 radical (unpaired) electrons. The summed E-state index contributed by atoms with van der Waals surface area (Å²) in [6.45, 7) is 6.32. The summed E-state index contributed by atoms with van der Waals surface area (Å²) >= 11 is 0. The number of nitrogens with one attached hydrogen (secondary N) is 1. The highest BCUT2D eigenvalue weighted by Crippen LogP contribution is 2.23. The van der Waals surface area contributed by atoms with Gasteiger partial charge >= 0.3 is 6.09 Å². The number of rotatable bonds is 18. The molecule has 0 aliphatic heterocycles. The summed E-state index contributed by atoms with van der Waals surface area (Å²) < 4.78 is 5.66. The van der Waals surface area contributed by atoms with Gasteiger partial charge in [-0.15, -0.1) is 0 Å². The number of ether oxygens (including phenoxy) is 1. The van der Waals surface area contributed by atoms with Crippen LogP contribution in [0.15, 0.2) is 18.2 Å². The SMILES string of the molecule is CCCC(=O)NCCCCCCCCN(Cc1cc(CO)ccc1OC(=O)N(C)CCN(C)C)C(C)=O. The Morgan fingerprint density at radius 2 is 1.62 bits per heavy atom. The molecule has 0 atom stereocenters. The van der Waals surface area contributed by atoms with Crippen LogP contribution < -0.4 is 10.1 Å². The van der Waals surface area contributed by atoms with Gasteiger partial charge in [0.05, 0.1) is 6.61 Å². The lowest BCUT2D eigenvalue weighted by atomic mass is 10.1. The van der Waals surface area contributed by atoms with Crippen molar-refractivity contribution in [3.05, 3.63) is 29.3 Å². The fraction of sp³-hybridized carbons (Fsp3) is 0.679. The minimum Gasteiger partial charge on any atom is -0.410 e. The largest absolute Gasteiger partial charge is 0.415 e. The maximum Gasteiger partial charge on any atom is 0.415 e. The molecule has 0 heterocycles. The van der Waals surface area contributed by atoms with E-state index < -0.39 is 6.09 Å². The van der Waals surface area contributed by atoms with Crippen LogP contribution in [0.2, 0.25) is 0 Å². The van der Waals surface area contributed by atoms with Crippen molar-refractivity contribution in [2.75, 3.05) is 47.3 Å². The van der Waals surface area contributed by atoms with Gasteiger partial charge in [-0.2, -0.15) is 0 Å². The summed E-state index contributed by atoms with van der Waals surface area (Å²) in [6, 6.07) is 5.19. The molecule has 0 fully saturated rings. The van der Waals surface area contributed by atoms with Crippen molar-refractivity contribution in [2.45, 2.75) is 78.4 Å². The first-order valence-corrected chi connectivity index (χ1v) is 13.5. The molecular formula is C28H48N4O5. The van der Waals surface area contributed by atoms with E-state index in [1.54, 1.807) is 37.1 Å². The number of amides is 3. The molecule has 210 valence electrons. The molecule has 1 aromatic carbocycles. The van der Waals surface area contributed by atoms with Gasteiger partial charge in [-0.25, -0.2) is 4.79 Å². The first-order valence-electron chi connectivity index (χ1n) is 13.5. The van der Waals surface area contributed by atoms with Crippen molar-refractivity contribution >= 4 is 17.9 Å². The van der Waals surface area contributed by atoms with Gasteiger partial charge in [0.25, 0.3) is 0 Å². The van der Waals surface area contributed by atoms with Crippen LogP contribution in [0.5, 0.6) is 5.75 Å². The van der Waals surface area contributed by atoms with Gasteiger partial charge in [0.2, 0.25) is 11.8 Å². The molecule has 3 amide bonds. The van der Waals surface area contributed by atoms with E-state index in [1.165, 1.54) is 4.90 Å². The van der Waals surface area contributed by atoms with Crippen LogP contribution in [0.25, 0.3) is 0 Å². The van der Waals surface area contributed by atoms with E-state index in [1.807, 2.05) is 25.9 Å². The van der Waals surface area contributed by atoms with E-state index >= 15 is 0 Å². The van der Waals surface area contributed by atoms with Crippen LogP contribution in [-0.4, -0.2) is 85.0 Å². The average molecular weight is 521 g/mol. The van der Waals surface area contributed by atoms with Gasteiger partial charge in [0.1, 0.15) is 5.75 Å². The third-order valence-corrected chi connectivity index (χ3v) is 6.16. The van der Waals surface area contributed by atoms with Gasteiger partial charge in [-0.1, -0.05) is 38.7 Å². The van der Waals surface area contributed by atoms with E-state index in [4.69, 9.17) is 4.74 Å². The quantitative estimate of drug-likeness (QED) is 0.286. The molecule has 9 heteroatoms. The fourth-order valence-corrected chi connectivity index (χ4v) is 3.80. The zero-order chi connectivity index (χ0) is 27.6. The maximum atomic E-state index is 12.6. The number of likely N-dealkylation sites (N-methyl/N-ethyl adjacent to an activating group) is 2. The Bertz CT molecular complexity index is 831. The number of carbonyl (C=O) groups is 3. The maximum absolute atomic E-state index is 12.6. The average Bonchev–Trinajstić information content (AvgIpc) is 2.86. The number of benzene rings is 1. The van der Waals surface area contributed by atoms with Crippen molar-refractivity contribution in [1.82, 2.24) is 20.0 Å².